The molecular formula is C20H31NO3S. The van der Waals surface area contributed by atoms with Gasteiger partial charge < -0.3 is 14.8 Å². The number of hydrogen-bond donors (Lipinski definition) is 1. The van der Waals surface area contributed by atoms with Gasteiger partial charge in [-0.05, 0) is 63.0 Å². The lowest BCUT2D eigenvalue weighted by Gasteiger charge is -2.39. The van der Waals surface area contributed by atoms with E-state index in [1.165, 1.54) is 0 Å². The molecule has 0 radical (unpaired) electrons. The molecule has 0 aliphatic heterocycles. The van der Waals surface area contributed by atoms with Crippen molar-refractivity contribution in [3.05, 3.63) is 23.8 Å². The van der Waals surface area contributed by atoms with Gasteiger partial charge in [-0.15, -0.1) is 11.8 Å². The van der Waals surface area contributed by atoms with E-state index in [0.29, 0.717) is 13.2 Å². The Kier molecular flexibility index (Phi) is 7.48. The number of ether oxygens (including phenoxy) is 2. The van der Waals surface area contributed by atoms with Gasteiger partial charge in [0.15, 0.2) is 11.5 Å². The summed E-state index contributed by atoms with van der Waals surface area (Å²) in [5.41, 5.74) is 1.04. The highest BCUT2D eigenvalue weighted by Crippen LogP contribution is 2.43. The SMILES string of the molecule is CCCOc1ccc([C@@H](C)NC(=O)C2(SC)CCC2)cc1OCCC. The van der Waals surface area contributed by atoms with Crippen LogP contribution in [0, 0.1) is 0 Å². The van der Waals surface area contributed by atoms with E-state index in [2.05, 4.69) is 19.2 Å². The minimum Gasteiger partial charge on any atom is -0.490 e. The number of carbonyl (C=O) groups excluding carboxylic acids is 1. The highest BCUT2D eigenvalue weighted by molar-refractivity contribution is 8.00. The second kappa shape index (κ2) is 9.37. The van der Waals surface area contributed by atoms with E-state index in [1.54, 1.807) is 11.8 Å². The molecule has 1 aromatic rings. The summed E-state index contributed by atoms with van der Waals surface area (Å²) in [7, 11) is 0. The fourth-order valence-electron chi connectivity index (χ4n) is 2.88. The molecule has 0 unspecified atom stereocenters. The van der Waals surface area contributed by atoms with Crippen molar-refractivity contribution in [2.75, 3.05) is 19.5 Å². The molecule has 1 saturated carbocycles. The zero-order valence-electron chi connectivity index (χ0n) is 15.9. The van der Waals surface area contributed by atoms with Gasteiger partial charge in [-0.25, -0.2) is 0 Å². The first-order valence-electron chi connectivity index (χ1n) is 9.32. The zero-order chi connectivity index (χ0) is 18.3. The standard InChI is InChI=1S/C20H31NO3S/c1-5-12-23-17-9-8-16(14-18(17)24-13-6-2)15(3)21-19(22)20(25-4)10-7-11-20/h8-9,14-15H,5-7,10-13H2,1-4H3,(H,21,22)/t15-/m1/s1. The van der Waals surface area contributed by atoms with Gasteiger partial charge in [0, 0.05) is 0 Å². The van der Waals surface area contributed by atoms with Crippen molar-refractivity contribution in [3.63, 3.8) is 0 Å². The maximum absolute atomic E-state index is 12.6. The first-order chi connectivity index (χ1) is 12.1. The van der Waals surface area contributed by atoms with E-state index in [9.17, 15) is 4.79 Å². The van der Waals surface area contributed by atoms with Crippen molar-refractivity contribution in [3.8, 4) is 11.5 Å². The minimum atomic E-state index is -0.222. The smallest absolute Gasteiger partial charge is 0.236 e. The lowest BCUT2D eigenvalue weighted by Crippen LogP contribution is -2.49. The summed E-state index contributed by atoms with van der Waals surface area (Å²) in [4.78, 5) is 12.6. The second-order valence-corrected chi connectivity index (χ2v) is 7.84. The van der Waals surface area contributed by atoms with Crippen molar-refractivity contribution >= 4 is 17.7 Å². The molecule has 1 aliphatic rings. The molecule has 0 saturated heterocycles. The van der Waals surface area contributed by atoms with Crippen LogP contribution in [0.3, 0.4) is 0 Å². The molecule has 1 aromatic carbocycles. The fraction of sp³-hybridized carbons (Fsp3) is 0.650. The molecule has 0 spiro atoms. The molecule has 1 aliphatic carbocycles. The summed E-state index contributed by atoms with van der Waals surface area (Å²) in [5.74, 6) is 1.69. The summed E-state index contributed by atoms with van der Waals surface area (Å²) >= 11 is 1.67. The Hall–Kier alpha value is -1.36. The van der Waals surface area contributed by atoms with Crippen molar-refractivity contribution in [1.29, 1.82) is 0 Å². The van der Waals surface area contributed by atoms with Crippen LogP contribution < -0.4 is 14.8 Å². The average molecular weight is 366 g/mol. The molecule has 5 heteroatoms. The maximum atomic E-state index is 12.6. The molecule has 1 atom stereocenters. The van der Waals surface area contributed by atoms with Gasteiger partial charge in [0.25, 0.3) is 0 Å². The molecule has 1 N–H and O–H groups in total. The van der Waals surface area contributed by atoms with Gasteiger partial charge in [-0.2, -0.15) is 0 Å². The van der Waals surface area contributed by atoms with Crippen LogP contribution in [-0.4, -0.2) is 30.1 Å². The van der Waals surface area contributed by atoms with Crippen LogP contribution in [-0.2, 0) is 4.79 Å². The van der Waals surface area contributed by atoms with E-state index in [0.717, 1.165) is 49.2 Å². The maximum Gasteiger partial charge on any atom is 0.236 e. The molecular weight excluding hydrogens is 334 g/mol. The number of nitrogens with one attached hydrogen (secondary N) is 1. The molecule has 1 fully saturated rings. The Morgan fingerprint density at radius 3 is 2.36 bits per heavy atom. The van der Waals surface area contributed by atoms with Crippen LogP contribution >= 0.6 is 11.8 Å². The van der Waals surface area contributed by atoms with Gasteiger partial charge in [0.1, 0.15) is 0 Å². The van der Waals surface area contributed by atoms with E-state index in [-0.39, 0.29) is 16.7 Å². The number of benzene rings is 1. The monoisotopic (exact) mass is 365 g/mol. The van der Waals surface area contributed by atoms with Crippen LogP contribution in [0.2, 0.25) is 0 Å². The van der Waals surface area contributed by atoms with Crippen molar-refractivity contribution in [1.82, 2.24) is 5.32 Å². The molecule has 25 heavy (non-hydrogen) atoms. The fourth-order valence-corrected chi connectivity index (χ4v) is 3.82. The van der Waals surface area contributed by atoms with Gasteiger partial charge in [-0.3, -0.25) is 4.79 Å². The van der Waals surface area contributed by atoms with Crippen LogP contribution in [0.1, 0.15) is 64.5 Å². The Labute approximate surface area is 156 Å². The van der Waals surface area contributed by atoms with Crippen LogP contribution in [0.4, 0.5) is 0 Å². The topological polar surface area (TPSA) is 47.6 Å². The third-order valence-corrected chi connectivity index (χ3v) is 6.08. The predicted molar refractivity (Wildman–Crippen MR) is 105 cm³/mol. The number of carbonyl (C=O) groups is 1. The Morgan fingerprint density at radius 2 is 1.84 bits per heavy atom. The molecule has 0 heterocycles. The summed E-state index contributed by atoms with van der Waals surface area (Å²) in [5, 5.41) is 3.18. The lowest BCUT2D eigenvalue weighted by atomic mass is 9.83. The molecule has 1 amide bonds. The van der Waals surface area contributed by atoms with Crippen molar-refractivity contribution in [2.24, 2.45) is 0 Å². The molecule has 0 bridgehead atoms. The average Bonchev–Trinajstić information content (AvgIpc) is 2.57. The number of rotatable bonds is 10. The normalized spacial score (nSPS) is 16.6. The Morgan fingerprint density at radius 1 is 1.20 bits per heavy atom. The summed E-state index contributed by atoms with van der Waals surface area (Å²) in [6, 6.07) is 5.91. The highest BCUT2D eigenvalue weighted by Gasteiger charge is 2.43. The van der Waals surface area contributed by atoms with Crippen LogP contribution in [0.25, 0.3) is 0 Å². The van der Waals surface area contributed by atoms with Gasteiger partial charge in [0.2, 0.25) is 5.91 Å². The van der Waals surface area contributed by atoms with Crippen LogP contribution in [0.15, 0.2) is 18.2 Å². The van der Waals surface area contributed by atoms with E-state index in [4.69, 9.17) is 9.47 Å². The minimum absolute atomic E-state index is 0.0543. The van der Waals surface area contributed by atoms with E-state index < -0.39 is 0 Å². The van der Waals surface area contributed by atoms with Crippen molar-refractivity contribution in [2.45, 2.75) is 63.7 Å². The molecule has 4 nitrogen and oxygen atoms in total. The lowest BCUT2D eigenvalue weighted by molar-refractivity contribution is -0.126. The summed E-state index contributed by atoms with van der Waals surface area (Å²) in [6.07, 6.45) is 7.02. The number of hydrogen-bond acceptors (Lipinski definition) is 4. The van der Waals surface area contributed by atoms with E-state index in [1.807, 2.05) is 31.4 Å². The number of amides is 1. The van der Waals surface area contributed by atoms with Gasteiger partial charge in [0.05, 0.1) is 24.0 Å². The van der Waals surface area contributed by atoms with Gasteiger partial charge >= 0.3 is 0 Å². The summed E-state index contributed by atoms with van der Waals surface area (Å²) < 4.78 is 11.4. The summed E-state index contributed by atoms with van der Waals surface area (Å²) in [6.45, 7) is 7.52. The largest absolute Gasteiger partial charge is 0.490 e. The Balaban J connectivity index is 2.10. The molecule has 140 valence electrons. The van der Waals surface area contributed by atoms with Crippen LogP contribution in [0.5, 0.6) is 11.5 Å². The first kappa shape index (κ1) is 20.0. The predicted octanol–water partition coefficient (Wildman–Crippen LogP) is 4.73. The molecule has 2 rings (SSSR count). The Bertz CT molecular complexity index is 567. The van der Waals surface area contributed by atoms with Gasteiger partial charge in [-0.1, -0.05) is 19.9 Å². The second-order valence-electron chi connectivity index (χ2n) is 6.65. The van der Waals surface area contributed by atoms with Crippen molar-refractivity contribution < 1.29 is 14.3 Å². The quantitative estimate of drug-likeness (QED) is 0.651. The van der Waals surface area contributed by atoms with E-state index >= 15 is 0 Å². The highest BCUT2D eigenvalue weighted by atomic mass is 32.2. The molecule has 0 aromatic heterocycles. The first-order valence-corrected chi connectivity index (χ1v) is 10.5. The third kappa shape index (κ3) is 4.84. The third-order valence-electron chi connectivity index (χ3n) is 4.70. The number of thioether (sulfide) groups is 1. The zero-order valence-corrected chi connectivity index (χ0v) is 16.7.